The van der Waals surface area contributed by atoms with Crippen molar-refractivity contribution in [2.75, 3.05) is 0 Å². The summed E-state index contributed by atoms with van der Waals surface area (Å²) in [6, 6.07) is 6.86. The number of benzene rings is 1. The van der Waals surface area contributed by atoms with Crippen LogP contribution in [-0.4, -0.2) is 16.8 Å². The number of aromatic nitrogens is 1. The molecule has 0 spiro atoms. The molecule has 1 heterocycles. The standard InChI is InChI=1S/C16H19N3O2S/c1-9(2)16-19-10(3)13(22-16)15(21)18-8-11-4-6-12(7-5-11)14(17)20/h4-7,9H,8H2,1-3H3,(H2,17,20)(H,18,21). The van der Waals surface area contributed by atoms with Gasteiger partial charge in [0.25, 0.3) is 5.91 Å². The van der Waals surface area contributed by atoms with Gasteiger partial charge >= 0.3 is 0 Å². The molecule has 0 fully saturated rings. The van der Waals surface area contributed by atoms with Gasteiger partial charge < -0.3 is 11.1 Å². The summed E-state index contributed by atoms with van der Waals surface area (Å²) in [5.41, 5.74) is 7.31. The van der Waals surface area contributed by atoms with Gasteiger partial charge in [-0.3, -0.25) is 9.59 Å². The Balaban J connectivity index is 2.02. The number of nitrogens with two attached hydrogens (primary N) is 1. The largest absolute Gasteiger partial charge is 0.366 e. The monoisotopic (exact) mass is 317 g/mol. The first-order valence-corrected chi connectivity index (χ1v) is 7.84. The Kier molecular flexibility index (Phi) is 4.92. The average Bonchev–Trinajstić information content (AvgIpc) is 2.87. The van der Waals surface area contributed by atoms with Gasteiger partial charge in [0.15, 0.2) is 0 Å². The van der Waals surface area contributed by atoms with Crippen LogP contribution < -0.4 is 11.1 Å². The SMILES string of the molecule is Cc1nc(C(C)C)sc1C(=O)NCc1ccc(C(N)=O)cc1. The molecule has 2 rings (SSSR count). The number of nitrogens with one attached hydrogen (secondary N) is 1. The van der Waals surface area contributed by atoms with E-state index in [1.165, 1.54) is 11.3 Å². The van der Waals surface area contributed by atoms with E-state index in [9.17, 15) is 9.59 Å². The van der Waals surface area contributed by atoms with E-state index in [2.05, 4.69) is 24.1 Å². The van der Waals surface area contributed by atoms with E-state index in [0.29, 0.717) is 22.9 Å². The lowest BCUT2D eigenvalue weighted by molar-refractivity contribution is 0.0952. The van der Waals surface area contributed by atoms with Gasteiger partial charge in [0, 0.05) is 18.0 Å². The summed E-state index contributed by atoms with van der Waals surface area (Å²) in [6.07, 6.45) is 0. The molecule has 0 saturated heterocycles. The van der Waals surface area contributed by atoms with Crippen LogP contribution in [0.3, 0.4) is 0 Å². The fraction of sp³-hybridized carbons (Fsp3) is 0.312. The number of hydrogen-bond donors (Lipinski definition) is 2. The predicted molar refractivity (Wildman–Crippen MR) is 87.1 cm³/mol. The van der Waals surface area contributed by atoms with Crippen molar-refractivity contribution < 1.29 is 9.59 Å². The number of primary amides is 1. The summed E-state index contributed by atoms with van der Waals surface area (Å²) in [6.45, 7) is 6.35. The summed E-state index contributed by atoms with van der Waals surface area (Å²) in [5.74, 6) is -0.274. The maximum atomic E-state index is 12.2. The molecule has 0 aliphatic heterocycles. The number of rotatable bonds is 5. The molecule has 0 atom stereocenters. The van der Waals surface area contributed by atoms with Gasteiger partial charge in [0.1, 0.15) is 4.88 Å². The van der Waals surface area contributed by atoms with Gasteiger partial charge in [-0.05, 0) is 24.6 Å². The third kappa shape index (κ3) is 3.71. The van der Waals surface area contributed by atoms with Crippen LogP contribution in [0.5, 0.6) is 0 Å². The number of nitrogens with zero attached hydrogens (tertiary/aromatic N) is 1. The van der Waals surface area contributed by atoms with E-state index < -0.39 is 5.91 Å². The molecule has 0 bridgehead atoms. The Morgan fingerprint density at radius 1 is 1.27 bits per heavy atom. The summed E-state index contributed by atoms with van der Waals surface area (Å²) < 4.78 is 0. The number of thiazole rings is 1. The van der Waals surface area contributed by atoms with Gasteiger partial charge in [-0.15, -0.1) is 11.3 Å². The summed E-state index contributed by atoms with van der Waals surface area (Å²) in [5, 5.41) is 3.84. The first-order chi connectivity index (χ1) is 10.4. The normalized spacial score (nSPS) is 10.7. The summed E-state index contributed by atoms with van der Waals surface area (Å²) in [4.78, 5) is 28.3. The van der Waals surface area contributed by atoms with E-state index in [-0.39, 0.29) is 5.91 Å². The highest BCUT2D eigenvalue weighted by atomic mass is 32.1. The molecule has 0 aliphatic rings. The van der Waals surface area contributed by atoms with Crippen LogP contribution in [0.2, 0.25) is 0 Å². The van der Waals surface area contributed by atoms with E-state index in [1.54, 1.807) is 24.3 Å². The fourth-order valence-corrected chi connectivity index (χ4v) is 2.91. The zero-order valence-electron chi connectivity index (χ0n) is 12.8. The molecule has 5 nitrogen and oxygen atoms in total. The van der Waals surface area contributed by atoms with Crippen LogP contribution in [0.25, 0.3) is 0 Å². The summed E-state index contributed by atoms with van der Waals surface area (Å²) >= 11 is 1.43. The highest BCUT2D eigenvalue weighted by Gasteiger charge is 2.16. The maximum absolute atomic E-state index is 12.2. The minimum absolute atomic E-state index is 0.124. The van der Waals surface area contributed by atoms with Crippen molar-refractivity contribution in [2.24, 2.45) is 5.73 Å². The molecule has 0 aliphatic carbocycles. The van der Waals surface area contributed by atoms with Crippen molar-refractivity contribution in [3.8, 4) is 0 Å². The Hall–Kier alpha value is -2.21. The van der Waals surface area contributed by atoms with Crippen molar-refractivity contribution >= 4 is 23.2 Å². The molecule has 0 radical (unpaired) electrons. The molecular formula is C16H19N3O2S. The fourth-order valence-electron chi connectivity index (χ4n) is 1.92. The van der Waals surface area contributed by atoms with E-state index in [1.807, 2.05) is 6.92 Å². The van der Waals surface area contributed by atoms with Gasteiger partial charge in [-0.25, -0.2) is 4.98 Å². The summed E-state index contributed by atoms with van der Waals surface area (Å²) in [7, 11) is 0. The van der Waals surface area contributed by atoms with Crippen molar-refractivity contribution in [2.45, 2.75) is 33.2 Å². The maximum Gasteiger partial charge on any atom is 0.263 e. The Morgan fingerprint density at radius 3 is 2.41 bits per heavy atom. The van der Waals surface area contributed by atoms with E-state index in [4.69, 9.17) is 5.73 Å². The Morgan fingerprint density at radius 2 is 1.91 bits per heavy atom. The smallest absolute Gasteiger partial charge is 0.263 e. The second kappa shape index (κ2) is 6.70. The van der Waals surface area contributed by atoms with Gasteiger partial charge in [-0.1, -0.05) is 26.0 Å². The van der Waals surface area contributed by atoms with Crippen molar-refractivity contribution in [1.82, 2.24) is 10.3 Å². The van der Waals surface area contributed by atoms with E-state index >= 15 is 0 Å². The molecular weight excluding hydrogens is 298 g/mol. The van der Waals surface area contributed by atoms with E-state index in [0.717, 1.165) is 16.3 Å². The molecule has 1 aromatic heterocycles. The van der Waals surface area contributed by atoms with Crippen molar-refractivity contribution in [3.05, 3.63) is 51.0 Å². The van der Waals surface area contributed by atoms with Crippen LogP contribution in [0.4, 0.5) is 0 Å². The van der Waals surface area contributed by atoms with Crippen LogP contribution in [-0.2, 0) is 6.54 Å². The molecule has 22 heavy (non-hydrogen) atoms. The number of hydrogen-bond acceptors (Lipinski definition) is 4. The predicted octanol–water partition coefficient (Wildman–Crippen LogP) is 2.60. The van der Waals surface area contributed by atoms with Crippen LogP contribution in [0.1, 0.15) is 56.1 Å². The lowest BCUT2D eigenvalue weighted by Gasteiger charge is -2.05. The third-order valence-corrected chi connectivity index (χ3v) is 4.66. The van der Waals surface area contributed by atoms with Crippen molar-refractivity contribution in [3.63, 3.8) is 0 Å². The number of carbonyl (C=O) groups excluding carboxylic acids is 2. The first-order valence-electron chi connectivity index (χ1n) is 7.02. The number of carbonyl (C=O) groups is 2. The highest BCUT2D eigenvalue weighted by Crippen LogP contribution is 2.24. The number of amides is 2. The average molecular weight is 317 g/mol. The van der Waals surface area contributed by atoms with Gasteiger partial charge in [0.2, 0.25) is 5.91 Å². The molecule has 1 aromatic carbocycles. The second-order valence-corrected chi connectivity index (χ2v) is 6.40. The zero-order valence-corrected chi connectivity index (χ0v) is 13.7. The molecule has 6 heteroatoms. The minimum Gasteiger partial charge on any atom is -0.366 e. The first kappa shape index (κ1) is 16.2. The molecule has 3 N–H and O–H groups in total. The van der Waals surface area contributed by atoms with Crippen LogP contribution >= 0.6 is 11.3 Å². The van der Waals surface area contributed by atoms with Gasteiger partial charge in [-0.2, -0.15) is 0 Å². The lowest BCUT2D eigenvalue weighted by atomic mass is 10.1. The molecule has 2 aromatic rings. The topological polar surface area (TPSA) is 85.1 Å². The second-order valence-electron chi connectivity index (χ2n) is 5.37. The molecule has 116 valence electrons. The molecule has 0 unspecified atom stereocenters. The zero-order chi connectivity index (χ0) is 16.3. The minimum atomic E-state index is -0.461. The highest BCUT2D eigenvalue weighted by molar-refractivity contribution is 7.13. The van der Waals surface area contributed by atoms with Crippen LogP contribution in [0, 0.1) is 6.92 Å². The third-order valence-electron chi connectivity index (χ3n) is 3.20. The quantitative estimate of drug-likeness (QED) is 0.889. The molecule has 0 saturated carbocycles. The van der Waals surface area contributed by atoms with Crippen LogP contribution in [0.15, 0.2) is 24.3 Å². The van der Waals surface area contributed by atoms with Gasteiger partial charge in [0.05, 0.1) is 10.7 Å². The lowest BCUT2D eigenvalue weighted by Crippen LogP contribution is -2.22. The Bertz CT molecular complexity index is 690. The van der Waals surface area contributed by atoms with Crippen molar-refractivity contribution in [1.29, 1.82) is 0 Å². The molecule has 2 amide bonds. The Labute approximate surface area is 133 Å². The number of aryl methyl sites for hydroxylation is 1.